The Balaban J connectivity index is 1.99. The minimum Gasteiger partial charge on any atom is -0.494 e. The van der Waals surface area contributed by atoms with Crippen LogP contribution in [-0.2, 0) is 4.79 Å². The number of nitrogens with one attached hydrogen (secondary N) is 1. The molecule has 0 bridgehead atoms. The highest BCUT2D eigenvalue weighted by molar-refractivity contribution is 8.00. The summed E-state index contributed by atoms with van der Waals surface area (Å²) in [5.74, 6) is 1.56. The van der Waals surface area contributed by atoms with Crippen LogP contribution in [0, 0.1) is 6.92 Å². The van der Waals surface area contributed by atoms with Crippen molar-refractivity contribution in [2.45, 2.75) is 44.5 Å². The van der Waals surface area contributed by atoms with Gasteiger partial charge < -0.3 is 10.1 Å². The maximum Gasteiger partial charge on any atom is 0.233 e. The summed E-state index contributed by atoms with van der Waals surface area (Å²) >= 11 is 1.40. The monoisotopic (exact) mass is 424 g/mol. The van der Waals surface area contributed by atoms with Gasteiger partial charge in [-0.15, -0.1) is 10.2 Å². The molecule has 3 rings (SSSR count). The number of aryl methyl sites for hydroxylation is 1. The third-order valence-electron chi connectivity index (χ3n) is 4.52. The molecule has 1 N–H and O–H groups in total. The minimum absolute atomic E-state index is 0.000185. The fraction of sp³-hybridized carbons (Fsp3) is 0.348. The highest BCUT2D eigenvalue weighted by atomic mass is 32.2. The number of carbonyl (C=O) groups is 1. The Kier molecular flexibility index (Phi) is 7.52. The third-order valence-corrected chi connectivity index (χ3v) is 5.56. The van der Waals surface area contributed by atoms with Crippen molar-refractivity contribution in [1.29, 1.82) is 0 Å². The lowest BCUT2D eigenvalue weighted by Crippen LogP contribution is -2.31. The molecule has 0 aliphatic heterocycles. The first-order chi connectivity index (χ1) is 14.5. The molecule has 0 aliphatic rings. The van der Waals surface area contributed by atoms with Gasteiger partial charge in [-0.05, 0) is 57.5 Å². The van der Waals surface area contributed by atoms with Gasteiger partial charge in [0.05, 0.1) is 11.9 Å². The number of ether oxygens (including phenoxy) is 1. The van der Waals surface area contributed by atoms with E-state index in [1.54, 1.807) is 0 Å². The second kappa shape index (κ2) is 10.3. The number of carbonyl (C=O) groups excluding carboxylic acids is 1. The lowest BCUT2D eigenvalue weighted by Gasteiger charge is -2.14. The number of rotatable bonds is 9. The molecule has 0 saturated carbocycles. The van der Waals surface area contributed by atoms with Crippen LogP contribution in [0.25, 0.3) is 17.1 Å². The predicted molar refractivity (Wildman–Crippen MR) is 121 cm³/mol. The molecule has 0 fully saturated rings. The molecule has 1 amide bonds. The van der Waals surface area contributed by atoms with Crippen molar-refractivity contribution in [2.24, 2.45) is 0 Å². The van der Waals surface area contributed by atoms with Gasteiger partial charge in [-0.25, -0.2) is 0 Å². The molecule has 2 aromatic carbocycles. The highest BCUT2D eigenvalue weighted by Gasteiger charge is 2.21. The van der Waals surface area contributed by atoms with Gasteiger partial charge in [0.1, 0.15) is 5.75 Å². The van der Waals surface area contributed by atoms with Crippen LogP contribution < -0.4 is 10.1 Å². The molecule has 1 heterocycles. The van der Waals surface area contributed by atoms with Gasteiger partial charge >= 0.3 is 0 Å². The smallest absolute Gasteiger partial charge is 0.233 e. The Bertz CT molecular complexity index is 985. The lowest BCUT2D eigenvalue weighted by molar-refractivity contribution is -0.120. The summed E-state index contributed by atoms with van der Waals surface area (Å²) < 4.78 is 7.57. The number of hydrogen-bond acceptors (Lipinski definition) is 5. The van der Waals surface area contributed by atoms with Crippen LogP contribution in [0.2, 0.25) is 0 Å². The summed E-state index contributed by atoms with van der Waals surface area (Å²) in [5.41, 5.74) is 3.05. The van der Waals surface area contributed by atoms with Gasteiger partial charge in [0.2, 0.25) is 5.91 Å². The molecule has 0 unspecified atom stereocenters. The Labute approximate surface area is 182 Å². The van der Waals surface area contributed by atoms with Crippen LogP contribution in [-0.4, -0.2) is 39.1 Å². The molecular formula is C23H28N4O2S. The fourth-order valence-corrected chi connectivity index (χ4v) is 3.90. The molecule has 3 aromatic rings. The Morgan fingerprint density at radius 3 is 2.60 bits per heavy atom. The third kappa shape index (κ3) is 5.21. The SMILES string of the molecule is CCCNC(=O)[C@H](C)Sc1nnc(-c2cccc(C)c2)n1-c1ccc(OCC)cc1. The Morgan fingerprint density at radius 2 is 1.93 bits per heavy atom. The minimum atomic E-state index is -0.285. The van der Waals surface area contributed by atoms with Crippen LogP contribution in [0.4, 0.5) is 0 Å². The number of hydrogen-bond donors (Lipinski definition) is 1. The van der Waals surface area contributed by atoms with Crippen molar-refractivity contribution < 1.29 is 9.53 Å². The summed E-state index contributed by atoms with van der Waals surface area (Å²) in [6.45, 7) is 9.23. The molecule has 30 heavy (non-hydrogen) atoms. The molecule has 7 heteroatoms. The van der Waals surface area contributed by atoms with Crippen LogP contribution in [0.1, 0.15) is 32.8 Å². The second-order valence-electron chi connectivity index (χ2n) is 6.99. The van der Waals surface area contributed by atoms with Crippen molar-refractivity contribution in [3.63, 3.8) is 0 Å². The van der Waals surface area contributed by atoms with E-state index in [1.807, 2.05) is 61.7 Å². The normalized spacial score (nSPS) is 11.9. The zero-order chi connectivity index (χ0) is 21.5. The van der Waals surface area contributed by atoms with E-state index in [0.29, 0.717) is 18.3 Å². The van der Waals surface area contributed by atoms with E-state index in [0.717, 1.165) is 34.8 Å². The van der Waals surface area contributed by atoms with Crippen molar-refractivity contribution in [3.8, 4) is 22.8 Å². The molecular weight excluding hydrogens is 396 g/mol. The first-order valence-electron chi connectivity index (χ1n) is 10.2. The summed E-state index contributed by atoms with van der Waals surface area (Å²) in [4.78, 5) is 12.4. The molecule has 0 spiro atoms. The average Bonchev–Trinajstić information content (AvgIpc) is 3.16. The van der Waals surface area contributed by atoms with E-state index in [-0.39, 0.29) is 11.2 Å². The first-order valence-corrected chi connectivity index (χ1v) is 11.1. The predicted octanol–water partition coefficient (Wildman–Crippen LogP) is 4.65. The van der Waals surface area contributed by atoms with E-state index in [9.17, 15) is 4.79 Å². The van der Waals surface area contributed by atoms with Crippen LogP contribution in [0.15, 0.2) is 53.7 Å². The van der Waals surface area contributed by atoms with E-state index in [2.05, 4.69) is 34.6 Å². The zero-order valence-corrected chi connectivity index (χ0v) is 18.7. The zero-order valence-electron chi connectivity index (χ0n) is 17.9. The number of aromatic nitrogens is 3. The molecule has 158 valence electrons. The average molecular weight is 425 g/mol. The summed E-state index contributed by atoms with van der Waals surface area (Å²) in [5, 5.41) is 12.2. The molecule has 0 radical (unpaired) electrons. The van der Waals surface area contributed by atoms with Gasteiger partial charge in [0.25, 0.3) is 0 Å². The summed E-state index contributed by atoms with van der Waals surface area (Å²) in [7, 11) is 0. The Morgan fingerprint density at radius 1 is 1.17 bits per heavy atom. The van der Waals surface area contributed by atoms with E-state index < -0.39 is 0 Å². The number of thioether (sulfide) groups is 1. The number of benzene rings is 2. The molecule has 6 nitrogen and oxygen atoms in total. The fourth-order valence-electron chi connectivity index (χ4n) is 3.01. The van der Waals surface area contributed by atoms with Crippen LogP contribution in [0.3, 0.4) is 0 Å². The first kappa shape index (κ1) is 21.9. The standard InChI is InChI=1S/C23H28N4O2S/c1-5-14-24-22(28)17(4)30-23-26-25-21(18-9-7-8-16(3)15-18)27(23)19-10-12-20(13-11-19)29-6-2/h7-13,15,17H,5-6,14H2,1-4H3,(H,24,28)/t17-/m0/s1. The quantitative estimate of drug-likeness (QED) is 0.507. The van der Waals surface area contributed by atoms with Crippen molar-refractivity contribution in [2.75, 3.05) is 13.2 Å². The van der Waals surface area contributed by atoms with Crippen molar-refractivity contribution in [3.05, 3.63) is 54.1 Å². The molecule has 0 saturated heterocycles. The van der Waals surface area contributed by atoms with E-state index in [1.165, 1.54) is 11.8 Å². The van der Waals surface area contributed by atoms with Crippen LogP contribution >= 0.6 is 11.8 Å². The molecule has 0 aliphatic carbocycles. The van der Waals surface area contributed by atoms with Gasteiger partial charge in [0, 0.05) is 17.8 Å². The second-order valence-corrected chi connectivity index (χ2v) is 8.30. The van der Waals surface area contributed by atoms with Crippen molar-refractivity contribution in [1.82, 2.24) is 20.1 Å². The van der Waals surface area contributed by atoms with Gasteiger partial charge in [0.15, 0.2) is 11.0 Å². The lowest BCUT2D eigenvalue weighted by atomic mass is 10.1. The van der Waals surface area contributed by atoms with E-state index >= 15 is 0 Å². The summed E-state index contributed by atoms with van der Waals surface area (Å²) in [6.07, 6.45) is 0.906. The van der Waals surface area contributed by atoms with E-state index in [4.69, 9.17) is 4.74 Å². The van der Waals surface area contributed by atoms with Crippen LogP contribution in [0.5, 0.6) is 5.75 Å². The number of amides is 1. The topological polar surface area (TPSA) is 69.0 Å². The van der Waals surface area contributed by atoms with Gasteiger partial charge in [-0.3, -0.25) is 9.36 Å². The van der Waals surface area contributed by atoms with Gasteiger partial charge in [-0.1, -0.05) is 42.4 Å². The number of nitrogens with zero attached hydrogens (tertiary/aromatic N) is 3. The Hall–Kier alpha value is -2.80. The van der Waals surface area contributed by atoms with Crippen molar-refractivity contribution >= 4 is 17.7 Å². The highest BCUT2D eigenvalue weighted by Crippen LogP contribution is 2.31. The maximum atomic E-state index is 12.4. The molecule has 1 aromatic heterocycles. The van der Waals surface area contributed by atoms with Gasteiger partial charge in [-0.2, -0.15) is 0 Å². The maximum absolute atomic E-state index is 12.4. The summed E-state index contributed by atoms with van der Waals surface area (Å²) in [6, 6.07) is 16.0. The largest absolute Gasteiger partial charge is 0.494 e. The molecule has 1 atom stereocenters.